The first-order valence-corrected chi connectivity index (χ1v) is 6.46. The van der Waals surface area contributed by atoms with Gasteiger partial charge in [0.2, 0.25) is 0 Å². The summed E-state index contributed by atoms with van der Waals surface area (Å²) in [4.78, 5) is 10.4. The standard InChI is InChI=1S/C13H27N3/c1-5-7-8-9-13(16(3)4)10-11-15-12-14-6-2/h13H,5-11H2,1-4H3. The first kappa shape index (κ1) is 15.3. The first-order chi connectivity index (χ1) is 7.72. The monoisotopic (exact) mass is 225 g/mol. The molecule has 0 aromatic heterocycles. The highest BCUT2D eigenvalue weighted by Crippen LogP contribution is 2.10. The maximum atomic E-state index is 4.17. The molecule has 3 nitrogen and oxygen atoms in total. The Labute approximate surface area is 101 Å². The van der Waals surface area contributed by atoms with Crippen LogP contribution in [0, 0.1) is 0 Å². The largest absolute Gasteiger partial charge is 0.306 e. The molecule has 0 aromatic rings. The van der Waals surface area contributed by atoms with Crippen molar-refractivity contribution in [3.8, 4) is 0 Å². The maximum absolute atomic E-state index is 4.17. The van der Waals surface area contributed by atoms with E-state index < -0.39 is 0 Å². The topological polar surface area (TPSA) is 28.0 Å². The van der Waals surface area contributed by atoms with Gasteiger partial charge in [0.15, 0.2) is 0 Å². The third-order valence-electron chi connectivity index (χ3n) is 2.74. The highest BCUT2D eigenvalue weighted by molar-refractivity contribution is 5.40. The Hall–Kier alpha value is -0.660. The SMILES string of the molecule is CCCCCC(CCN=C=NCC)N(C)C. The van der Waals surface area contributed by atoms with E-state index in [4.69, 9.17) is 0 Å². The third kappa shape index (κ3) is 8.63. The number of unbranched alkanes of at least 4 members (excludes halogenated alkanes) is 2. The van der Waals surface area contributed by atoms with Crippen LogP contribution in [0.1, 0.15) is 46.0 Å². The molecule has 0 spiro atoms. The van der Waals surface area contributed by atoms with Crippen LogP contribution in [0.3, 0.4) is 0 Å². The Morgan fingerprint density at radius 2 is 1.81 bits per heavy atom. The zero-order valence-corrected chi connectivity index (χ0v) is 11.4. The molecule has 0 radical (unpaired) electrons. The van der Waals surface area contributed by atoms with Gasteiger partial charge in [-0.25, -0.2) is 9.98 Å². The lowest BCUT2D eigenvalue weighted by Crippen LogP contribution is -2.28. The molecule has 1 atom stereocenters. The van der Waals surface area contributed by atoms with Gasteiger partial charge < -0.3 is 4.90 Å². The molecule has 1 unspecified atom stereocenters. The zero-order chi connectivity index (χ0) is 12.2. The zero-order valence-electron chi connectivity index (χ0n) is 11.4. The van der Waals surface area contributed by atoms with Crippen molar-refractivity contribution >= 4 is 6.01 Å². The molecule has 0 rings (SSSR count). The summed E-state index contributed by atoms with van der Waals surface area (Å²) in [6.07, 6.45) is 6.35. The van der Waals surface area contributed by atoms with Gasteiger partial charge in [-0.2, -0.15) is 0 Å². The lowest BCUT2D eigenvalue weighted by molar-refractivity contribution is 0.261. The average molecular weight is 225 g/mol. The fourth-order valence-electron chi connectivity index (χ4n) is 1.67. The van der Waals surface area contributed by atoms with Gasteiger partial charge in [0, 0.05) is 12.6 Å². The molecule has 0 aliphatic heterocycles. The molecular weight excluding hydrogens is 198 g/mol. The molecule has 3 heteroatoms. The van der Waals surface area contributed by atoms with E-state index in [0.717, 1.165) is 19.5 Å². The van der Waals surface area contributed by atoms with E-state index in [-0.39, 0.29) is 0 Å². The second-order valence-electron chi connectivity index (χ2n) is 4.36. The summed E-state index contributed by atoms with van der Waals surface area (Å²) in [6.45, 7) is 5.86. The molecule has 16 heavy (non-hydrogen) atoms. The van der Waals surface area contributed by atoms with Crippen molar-refractivity contribution in [1.82, 2.24) is 4.90 Å². The van der Waals surface area contributed by atoms with Crippen molar-refractivity contribution in [2.75, 3.05) is 27.2 Å². The molecule has 0 aliphatic rings. The van der Waals surface area contributed by atoms with Crippen LogP contribution in [0.15, 0.2) is 9.98 Å². The molecule has 0 amide bonds. The Balaban J connectivity index is 3.80. The molecule has 0 N–H and O–H groups in total. The number of aliphatic imine (C=N–C) groups is 2. The van der Waals surface area contributed by atoms with Crippen molar-refractivity contribution in [2.45, 2.75) is 52.0 Å². The maximum Gasteiger partial charge on any atom is 0.0892 e. The van der Waals surface area contributed by atoms with Crippen LogP contribution in [-0.4, -0.2) is 44.1 Å². The van der Waals surface area contributed by atoms with Gasteiger partial charge in [0.1, 0.15) is 0 Å². The van der Waals surface area contributed by atoms with Gasteiger partial charge in [0.05, 0.1) is 12.6 Å². The van der Waals surface area contributed by atoms with E-state index in [2.05, 4.69) is 41.9 Å². The fourth-order valence-corrected chi connectivity index (χ4v) is 1.67. The van der Waals surface area contributed by atoms with E-state index >= 15 is 0 Å². The predicted molar refractivity (Wildman–Crippen MR) is 71.5 cm³/mol. The van der Waals surface area contributed by atoms with Crippen LogP contribution in [0.5, 0.6) is 0 Å². The number of rotatable bonds is 9. The minimum absolute atomic E-state index is 0.652. The highest BCUT2D eigenvalue weighted by Gasteiger charge is 2.09. The van der Waals surface area contributed by atoms with Crippen LogP contribution >= 0.6 is 0 Å². The van der Waals surface area contributed by atoms with Crippen LogP contribution in [0.4, 0.5) is 0 Å². The van der Waals surface area contributed by atoms with Crippen molar-refractivity contribution in [2.24, 2.45) is 9.98 Å². The summed E-state index contributed by atoms with van der Waals surface area (Å²) in [6, 6.07) is 3.38. The van der Waals surface area contributed by atoms with Crippen molar-refractivity contribution < 1.29 is 0 Å². The second-order valence-corrected chi connectivity index (χ2v) is 4.36. The van der Waals surface area contributed by atoms with Crippen LogP contribution in [-0.2, 0) is 0 Å². The third-order valence-corrected chi connectivity index (χ3v) is 2.74. The molecule has 0 saturated carbocycles. The molecule has 0 aliphatic carbocycles. The summed E-state index contributed by atoms with van der Waals surface area (Å²) in [5.41, 5.74) is 0. The first-order valence-electron chi connectivity index (χ1n) is 6.46. The lowest BCUT2D eigenvalue weighted by atomic mass is 10.0. The summed E-state index contributed by atoms with van der Waals surface area (Å²) in [5.74, 6) is 0. The fraction of sp³-hybridized carbons (Fsp3) is 0.923. The van der Waals surface area contributed by atoms with Crippen molar-refractivity contribution in [3.05, 3.63) is 0 Å². The van der Waals surface area contributed by atoms with Crippen LogP contribution < -0.4 is 0 Å². The Kier molecular flexibility index (Phi) is 10.4. The van der Waals surface area contributed by atoms with Gasteiger partial charge in [-0.3, -0.25) is 0 Å². The number of hydrogen-bond acceptors (Lipinski definition) is 3. The highest BCUT2D eigenvalue weighted by atomic mass is 15.1. The average Bonchev–Trinajstić information content (AvgIpc) is 2.26. The minimum atomic E-state index is 0.652. The normalized spacial score (nSPS) is 12.3. The molecule has 0 saturated heterocycles. The summed E-state index contributed by atoms with van der Waals surface area (Å²) in [5, 5.41) is 0. The van der Waals surface area contributed by atoms with Gasteiger partial charge >= 0.3 is 0 Å². The number of nitrogens with zero attached hydrogens (tertiary/aromatic N) is 3. The smallest absolute Gasteiger partial charge is 0.0892 e. The molecule has 0 bridgehead atoms. The van der Waals surface area contributed by atoms with E-state index in [1.807, 2.05) is 6.92 Å². The van der Waals surface area contributed by atoms with E-state index in [9.17, 15) is 0 Å². The summed E-state index contributed by atoms with van der Waals surface area (Å²) in [7, 11) is 4.31. The van der Waals surface area contributed by atoms with Crippen molar-refractivity contribution in [1.29, 1.82) is 0 Å². The van der Waals surface area contributed by atoms with Crippen LogP contribution in [0.2, 0.25) is 0 Å². The van der Waals surface area contributed by atoms with Crippen LogP contribution in [0.25, 0.3) is 0 Å². The van der Waals surface area contributed by atoms with Gasteiger partial charge in [-0.05, 0) is 33.9 Å². The quantitative estimate of drug-likeness (QED) is 0.438. The Bertz CT molecular complexity index is 205. The molecular formula is C13H27N3. The van der Waals surface area contributed by atoms with Gasteiger partial charge in [-0.1, -0.05) is 26.2 Å². The van der Waals surface area contributed by atoms with E-state index in [0.29, 0.717) is 6.04 Å². The van der Waals surface area contributed by atoms with Gasteiger partial charge in [-0.15, -0.1) is 0 Å². The Morgan fingerprint density at radius 3 is 2.38 bits per heavy atom. The minimum Gasteiger partial charge on any atom is -0.306 e. The summed E-state index contributed by atoms with van der Waals surface area (Å²) >= 11 is 0. The second kappa shape index (κ2) is 10.8. The molecule has 0 heterocycles. The summed E-state index contributed by atoms with van der Waals surface area (Å²) < 4.78 is 0. The predicted octanol–water partition coefficient (Wildman–Crippen LogP) is 3.08. The van der Waals surface area contributed by atoms with E-state index in [1.165, 1.54) is 25.7 Å². The molecule has 0 fully saturated rings. The molecule has 94 valence electrons. The molecule has 0 aromatic carbocycles. The lowest BCUT2D eigenvalue weighted by Gasteiger charge is -2.23. The Morgan fingerprint density at radius 1 is 1.06 bits per heavy atom. The van der Waals surface area contributed by atoms with Gasteiger partial charge in [0.25, 0.3) is 0 Å². The van der Waals surface area contributed by atoms with Crippen molar-refractivity contribution in [3.63, 3.8) is 0 Å². The van der Waals surface area contributed by atoms with E-state index in [1.54, 1.807) is 0 Å². The number of hydrogen-bond donors (Lipinski definition) is 0.